The molecule has 6 heteroatoms. The second-order valence-corrected chi connectivity index (χ2v) is 5.46. The molecule has 1 saturated carbocycles. The summed E-state index contributed by atoms with van der Waals surface area (Å²) in [6.07, 6.45) is 0.967. The number of rotatable bonds is 4. The predicted octanol–water partition coefficient (Wildman–Crippen LogP) is 2.16. The van der Waals surface area contributed by atoms with E-state index < -0.39 is 4.92 Å². The first-order valence-electron chi connectivity index (χ1n) is 6.12. The van der Waals surface area contributed by atoms with Gasteiger partial charge in [-0.3, -0.25) is 14.9 Å². The monoisotopic (exact) mass is 263 g/mol. The summed E-state index contributed by atoms with van der Waals surface area (Å²) in [5.74, 6) is -0.256. The van der Waals surface area contributed by atoms with E-state index in [9.17, 15) is 14.9 Å². The van der Waals surface area contributed by atoms with Gasteiger partial charge in [0, 0.05) is 24.7 Å². The van der Waals surface area contributed by atoms with Crippen LogP contribution in [0.25, 0.3) is 0 Å². The highest BCUT2D eigenvalue weighted by Gasteiger charge is 2.46. The lowest BCUT2D eigenvalue weighted by Crippen LogP contribution is -2.18. The van der Waals surface area contributed by atoms with Gasteiger partial charge in [0.25, 0.3) is 11.6 Å². The number of hydrogen-bond acceptors (Lipinski definition) is 4. The van der Waals surface area contributed by atoms with Gasteiger partial charge < -0.3 is 10.6 Å². The average Bonchev–Trinajstić information content (AvgIpc) is 2.95. The van der Waals surface area contributed by atoms with Crippen molar-refractivity contribution in [1.82, 2.24) is 5.32 Å². The van der Waals surface area contributed by atoms with E-state index in [1.807, 2.05) is 0 Å². The Morgan fingerprint density at radius 1 is 1.47 bits per heavy atom. The van der Waals surface area contributed by atoms with Crippen LogP contribution < -0.4 is 10.6 Å². The van der Waals surface area contributed by atoms with E-state index in [0.717, 1.165) is 6.42 Å². The number of hydrogen-bond donors (Lipinski definition) is 2. The lowest BCUT2D eigenvalue weighted by atomic mass is 10.1. The molecule has 0 radical (unpaired) electrons. The van der Waals surface area contributed by atoms with E-state index in [0.29, 0.717) is 11.3 Å². The molecule has 2 N–H and O–H groups in total. The number of carbonyl (C=O) groups excluding carboxylic acids is 1. The van der Waals surface area contributed by atoms with Crippen molar-refractivity contribution < 1.29 is 9.72 Å². The number of anilines is 1. The zero-order valence-corrected chi connectivity index (χ0v) is 11.2. The van der Waals surface area contributed by atoms with Crippen molar-refractivity contribution in [3.8, 4) is 0 Å². The Morgan fingerprint density at radius 3 is 2.58 bits per heavy atom. The van der Waals surface area contributed by atoms with Gasteiger partial charge in [0.05, 0.1) is 4.92 Å². The van der Waals surface area contributed by atoms with Crippen LogP contribution in [-0.2, 0) is 0 Å². The molecular formula is C13H17N3O3. The van der Waals surface area contributed by atoms with Crippen LogP contribution in [0.2, 0.25) is 0 Å². The first-order chi connectivity index (χ1) is 8.85. The minimum atomic E-state index is -0.439. The molecular weight excluding hydrogens is 246 g/mol. The van der Waals surface area contributed by atoms with Gasteiger partial charge in [-0.05, 0) is 24.0 Å². The number of nitrogens with one attached hydrogen (secondary N) is 2. The van der Waals surface area contributed by atoms with Crippen LogP contribution in [0.3, 0.4) is 0 Å². The molecule has 6 nitrogen and oxygen atoms in total. The van der Waals surface area contributed by atoms with Gasteiger partial charge in [-0.2, -0.15) is 0 Å². The SMILES string of the molecule is CNC(=O)c1ccc([N+](=O)[O-])c(NC2CC2(C)C)c1. The third kappa shape index (κ3) is 2.67. The Bertz CT molecular complexity index is 540. The van der Waals surface area contributed by atoms with E-state index in [1.165, 1.54) is 25.2 Å². The van der Waals surface area contributed by atoms with Crippen LogP contribution >= 0.6 is 0 Å². The topological polar surface area (TPSA) is 84.3 Å². The normalized spacial score (nSPS) is 19.6. The number of benzene rings is 1. The van der Waals surface area contributed by atoms with Crippen LogP contribution in [0.4, 0.5) is 11.4 Å². The summed E-state index contributed by atoms with van der Waals surface area (Å²) in [6.45, 7) is 4.19. The summed E-state index contributed by atoms with van der Waals surface area (Å²) in [5, 5.41) is 16.7. The smallest absolute Gasteiger partial charge is 0.292 e. The molecule has 19 heavy (non-hydrogen) atoms. The quantitative estimate of drug-likeness (QED) is 0.644. The molecule has 1 aliphatic carbocycles. The van der Waals surface area contributed by atoms with Crippen molar-refractivity contribution in [2.45, 2.75) is 26.3 Å². The Labute approximate surface area is 111 Å². The van der Waals surface area contributed by atoms with Gasteiger partial charge in [-0.15, -0.1) is 0 Å². The van der Waals surface area contributed by atoms with Gasteiger partial charge in [0.2, 0.25) is 0 Å². The molecule has 0 aromatic heterocycles. The Balaban J connectivity index is 2.31. The minimum Gasteiger partial charge on any atom is -0.376 e. The van der Waals surface area contributed by atoms with Crippen LogP contribution in [0.1, 0.15) is 30.6 Å². The van der Waals surface area contributed by atoms with E-state index in [2.05, 4.69) is 24.5 Å². The highest BCUT2D eigenvalue weighted by atomic mass is 16.6. The maximum atomic E-state index is 11.6. The summed E-state index contributed by atoms with van der Waals surface area (Å²) in [6, 6.07) is 4.57. The summed E-state index contributed by atoms with van der Waals surface area (Å²) in [7, 11) is 1.53. The van der Waals surface area contributed by atoms with Gasteiger partial charge in [-0.25, -0.2) is 0 Å². The molecule has 0 heterocycles. The molecule has 0 bridgehead atoms. The van der Waals surface area contributed by atoms with E-state index in [-0.39, 0.29) is 23.1 Å². The maximum Gasteiger partial charge on any atom is 0.292 e. The highest BCUT2D eigenvalue weighted by molar-refractivity contribution is 5.95. The molecule has 1 amide bonds. The summed E-state index contributed by atoms with van der Waals surface area (Å²) in [5.41, 5.74) is 0.961. The van der Waals surface area contributed by atoms with Crippen molar-refractivity contribution in [3.63, 3.8) is 0 Å². The minimum absolute atomic E-state index is 0.00430. The number of nitro benzene ring substituents is 1. The Kier molecular flexibility index (Phi) is 3.18. The summed E-state index contributed by atoms with van der Waals surface area (Å²) in [4.78, 5) is 22.1. The Morgan fingerprint density at radius 2 is 2.11 bits per heavy atom. The van der Waals surface area contributed by atoms with E-state index in [1.54, 1.807) is 0 Å². The fraction of sp³-hybridized carbons (Fsp3) is 0.462. The molecule has 1 aromatic carbocycles. The largest absolute Gasteiger partial charge is 0.376 e. The zero-order chi connectivity index (χ0) is 14.2. The molecule has 2 rings (SSSR count). The second-order valence-electron chi connectivity index (χ2n) is 5.46. The fourth-order valence-corrected chi connectivity index (χ4v) is 2.00. The molecule has 1 aromatic rings. The number of carbonyl (C=O) groups is 1. The van der Waals surface area contributed by atoms with Crippen molar-refractivity contribution in [3.05, 3.63) is 33.9 Å². The molecule has 0 spiro atoms. The third-order valence-electron chi connectivity index (χ3n) is 3.53. The zero-order valence-electron chi connectivity index (χ0n) is 11.2. The molecule has 0 saturated heterocycles. The molecule has 1 unspecified atom stereocenters. The first-order valence-corrected chi connectivity index (χ1v) is 6.12. The van der Waals surface area contributed by atoms with Crippen molar-refractivity contribution in [1.29, 1.82) is 0 Å². The average molecular weight is 263 g/mol. The summed E-state index contributed by atoms with van der Waals surface area (Å²) >= 11 is 0. The van der Waals surface area contributed by atoms with Crippen LogP contribution in [-0.4, -0.2) is 23.9 Å². The van der Waals surface area contributed by atoms with Crippen LogP contribution in [0.15, 0.2) is 18.2 Å². The number of nitro groups is 1. The van der Waals surface area contributed by atoms with Gasteiger partial charge >= 0.3 is 0 Å². The van der Waals surface area contributed by atoms with Crippen LogP contribution in [0, 0.1) is 15.5 Å². The Hall–Kier alpha value is -2.11. The molecule has 1 fully saturated rings. The van der Waals surface area contributed by atoms with E-state index >= 15 is 0 Å². The fourth-order valence-electron chi connectivity index (χ4n) is 2.00. The molecule has 1 atom stereocenters. The third-order valence-corrected chi connectivity index (χ3v) is 3.53. The van der Waals surface area contributed by atoms with Crippen molar-refractivity contribution in [2.24, 2.45) is 5.41 Å². The standard InChI is InChI=1S/C13H17N3O3/c1-13(2)7-11(13)15-9-6-8(12(17)14-3)4-5-10(9)16(18)19/h4-6,11,15H,7H2,1-3H3,(H,14,17). The summed E-state index contributed by atoms with van der Waals surface area (Å²) < 4.78 is 0. The molecule has 102 valence electrons. The molecule has 1 aliphatic rings. The number of amides is 1. The first kappa shape index (κ1) is 13.3. The number of nitrogens with zero attached hydrogens (tertiary/aromatic N) is 1. The highest BCUT2D eigenvalue weighted by Crippen LogP contribution is 2.47. The second kappa shape index (κ2) is 4.53. The van der Waals surface area contributed by atoms with Gasteiger partial charge in [-0.1, -0.05) is 13.8 Å². The lowest BCUT2D eigenvalue weighted by Gasteiger charge is -2.10. The van der Waals surface area contributed by atoms with E-state index in [4.69, 9.17) is 0 Å². The molecule has 0 aliphatic heterocycles. The van der Waals surface area contributed by atoms with Crippen molar-refractivity contribution in [2.75, 3.05) is 12.4 Å². The maximum absolute atomic E-state index is 11.6. The van der Waals surface area contributed by atoms with Gasteiger partial charge in [0.1, 0.15) is 5.69 Å². The van der Waals surface area contributed by atoms with Gasteiger partial charge in [0.15, 0.2) is 0 Å². The lowest BCUT2D eigenvalue weighted by molar-refractivity contribution is -0.384. The van der Waals surface area contributed by atoms with Crippen molar-refractivity contribution >= 4 is 17.3 Å². The van der Waals surface area contributed by atoms with Crippen LogP contribution in [0.5, 0.6) is 0 Å². The predicted molar refractivity (Wildman–Crippen MR) is 72.3 cm³/mol.